The molecule has 1 saturated heterocycles. The highest BCUT2D eigenvalue weighted by Gasteiger charge is 2.22. The molecule has 26 heavy (non-hydrogen) atoms. The molecule has 2 heterocycles. The van der Waals surface area contributed by atoms with Gasteiger partial charge in [0.05, 0.1) is 6.54 Å². The van der Waals surface area contributed by atoms with Gasteiger partial charge in [-0.15, -0.1) is 11.3 Å². The van der Waals surface area contributed by atoms with Gasteiger partial charge in [-0.2, -0.15) is 0 Å². The number of aliphatic imine (C=N–C) groups is 1. The van der Waals surface area contributed by atoms with Crippen molar-refractivity contribution in [2.45, 2.75) is 26.3 Å². The Hall–Kier alpha value is -1.85. The standard InChI is InChI=1S/C21H30N4S/c1-17-8-9-20(26-17)15-24-21(22-2)23-14-19-11-13-25(16-19)12-10-18-6-4-3-5-7-18/h3-9,19H,10-16H2,1-2H3,(H2,22,23,24). The Morgan fingerprint density at radius 3 is 2.77 bits per heavy atom. The Morgan fingerprint density at radius 1 is 1.19 bits per heavy atom. The SMILES string of the molecule is CN=C(NCc1ccc(C)s1)NCC1CCN(CCc2ccccc2)C1. The van der Waals surface area contributed by atoms with Gasteiger partial charge in [-0.1, -0.05) is 30.3 Å². The zero-order valence-electron chi connectivity index (χ0n) is 15.9. The van der Waals surface area contributed by atoms with Crippen LogP contribution in [0.25, 0.3) is 0 Å². The molecule has 140 valence electrons. The van der Waals surface area contributed by atoms with Crippen LogP contribution in [-0.2, 0) is 13.0 Å². The van der Waals surface area contributed by atoms with Crippen LogP contribution in [0.5, 0.6) is 0 Å². The number of thiophene rings is 1. The van der Waals surface area contributed by atoms with Crippen molar-refractivity contribution >= 4 is 17.3 Å². The minimum Gasteiger partial charge on any atom is -0.356 e. The fourth-order valence-electron chi connectivity index (χ4n) is 3.43. The van der Waals surface area contributed by atoms with Crippen molar-refractivity contribution in [1.29, 1.82) is 0 Å². The summed E-state index contributed by atoms with van der Waals surface area (Å²) in [4.78, 5) is 9.64. The molecule has 0 spiro atoms. The fraction of sp³-hybridized carbons (Fsp3) is 0.476. The molecule has 1 unspecified atom stereocenters. The van der Waals surface area contributed by atoms with Gasteiger partial charge >= 0.3 is 0 Å². The quantitative estimate of drug-likeness (QED) is 0.580. The second kappa shape index (κ2) is 9.74. The topological polar surface area (TPSA) is 39.7 Å². The van der Waals surface area contributed by atoms with E-state index in [1.807, 2.05) is 18.4 Å². The van der Waals surface area contributed by atoms with Crippen LogP contribution < -0.4 is 10.6 Å². The van der Waals surface area contributed by atoms with Crippen molar-refractivity contribution in [2.75, 3.05) is 33.2 Å². The highest BCUT2D eigenvalue weighted by Crippen LogP contribution is 2.16. The van der Waals surface area contributed by atoms with Gasteiger partial charge < -0.3 is 15.5 Å². The van der Waals surface area contributed by atoms with Crippen molar-refractivity contribution in [2.24, 2.45) is 10.9 Å². The number of aryl methyl sites for hydroxylation is 1. The average Bonchev–Trinajstić information content (AvgIpc) is 3.30. The summed E-state index contributed by atoms with van der Waals surface area (Å²) >= 11 is 1.84. The summed E-state index contributed by atoms with van der Waals surface area (Å²) in [5.74, 6) is 1.60. The molecule has 0 amide bonds. The Labute approximate surface area is 161 Å². The van der Waals surface area contributed by atoms with Gasteiger partial charge in [0.25, 0.3) is 0 Å². The lowest BCUT2D eigenvalue weighted by atomic mass is 10.1. The zero-order valence-corrected chi connectivity index (χ0v) is 16.7. The number of hydrogen-bond acceptors (Lipinski definition) is 3. The van der Waals surface area contributed by atoms with Crippen molar-refractivity contribution < 1.29 is 0 Å². The third-order valence-electron chi connectivity index (χ3n) is 4.94. The van der Waals surface area contributed by atoms with Gasteiger partial charge in [-0.3, -0.25) is 4.99 Å². The van der Waals surface area contributed by atoms with Gasteiger partial charge in [-0.25, -0.2) is 0 Å². The molecule has 4 nitrogen and oxygen atoms in total. The van der Waals surface area contributed by atoms with E-state index in [0.29, 0.717) is 5.92 Å². The lowest BCUT2D eigenvalue weighted by Crippen LogP contribution is -2.39. The van der Waals surface area contributed by atoms with Crippen molar-refractivity contribution in [3.05, 3.63) is 57.8 Å². The minimum absolute atomic E-state index is 0.702. The predicted molar refractivity (Wildman–Crippen MR) is 112 cm³/mol. The van der Waals surface area contributed by atoms with Gasteiger partial charge in [-0.05, 0) is 49.9 Å². The number of benzene rings is 1. The second-order valence-electron chi connectivity index (χ2n) is 7.01. The fourth-order valence-corrected chi connectivity index (χ4v) is 4.26. The van der Waals surface area contributed by atoms with Gasteiger partial charge in [0.2, 0.25) is 0 Å². The maximum atomic E-state index is 4.35. The van der Waals surface area contributed by atoms with E-state index >= 15 is 0 Å². The summed E-state index contributed by atoms with van der Waals surface area (Å²) in [5.41, 5.74) is 1.43. The normalized spacial score (nSPS) is 18.2. The van der Waals surface area contributed by atoms with Crippen LogP contribution in [0.2, 0.25) is 0 Å². The predicted octanol–water partition coefficient (Wildman–Crippen LogP) is 3.29. The maximum absolute atomic E-state index is 4.35. The summed E-state index contributed by atoms with van der Waals surface area (Å²) < 4.78 is 0. The number of nitrogens with zero attached hydrogens (tertiary/aromatic N) is 2. The van der Waals surface area contributed by atoms with Crippen LogP contribution in [0, 0.1) is 12.8 Å². The lowest BCUT2D eigenvalue weighted by molar-refractivity contribution is 0.328. The van der Waals surface area contributed by atoms with E-state index in [1.54, 1.807) is 0 Å². The van der Waals surface area contributed by atoms with E-state index in [-0.39, 0.29) is 0 Å². The molecule has 0 saturated carbocycles. The number of nitrogens with one attached hydrogen (secondary N) is 2. The summed E-state index contributed by atoms with van der Waals surface area (Å²) in [6, 6.07) is 15.1. The molecule has 1 aliphatic rings. The average molecular weight is 371 g/mol. The third kappa shape index (κ3) is 5.85. The molecule has 1 aromatic carbocycles. The molecule has 3 rings (SSSR count). The molecule has 1 atom stereocenters. The summed E-state index contributed by atoms with van der Waals surface area (Å²) in [5, 5.41) is 6.92. The molecule has 0 radical (unpaired) electrons. The van der Waals surface area contributed by atoms with E-state index in [4.69, 9.17) is 0 Å². The van der Waals surface area contributed by atoms with E-state index in [2.05, 4.69) is 69.9 Å². The van der Waals surface area contributed by atoms with E-state index in [9.17, 15) is 0 Å². The zero-order chi connectivity index (χ0) is 18.2. The van der Waals surface area contributed by atoms with Gasteiger partial charge in [0.15, 0.2) is 5.96 Å². The molecule has 1 fully saturated rings. The van der Waals surface area contributed by atoms with E-state index in [0.717, 1.165) is 32.0 Å². The number of rotatable bonds is 7. The van der Waals surface area contributed by atoms with Crippen LogP contribution in [0.1, 0.15) is 21.7 Å². The third-order valence-corrected chi connectivity index (χ3v) is 5.94. The smallest absolute Gasteiger partial charge is 0.191 e. The second-order valence-corrected chi connectivity index (χ2v) is 8.38. The number of hydrogen-bond donors (Lipinski definition) is 2. The first-order valence-corrected chi connectivity index (χ1v) is 10.3. The van der Waals surface area contributed by atoms with E-state index < -0.39 is 0 Å². The molecular weight excluding hydrogens is 340 g/mol. The highest BCUT2D eigenvalue weighted by molar-refractivity contribution is 7.11. The minimum atomic E-state index is 0.702. The van der Waals surface area contributed by atoms with Crippen LogP contribution in [-0.4, -0.2) is 44.1 Å². The monoisotopic (exact) mass is 370 g/mol. The molecule has 0 bridgehead atoms. The Bertz CT molecular complexity index is 695. The van der Waals surface area contributed by atoms with E-state index in [1.165, 1.54) is 34.8 Å². The van der Waals surface area contributed by atoms with Crippen molar-refractivity contribution in [3.63, 3.8) is 0 Å². The Morgan fingerprint density at radius 2 is 2.04 bits per heavy atom. The van der Waals surface area contributed by atoms with Gasteiger partial charge in [0, 0.05) is 36.4 Å². The lowest BCUT2D eigenvalue weighted by Gasteiger charge is -2.17. The molecule has 0 aliphatic carbocycles. The first kappa shape index (κ1) is 18.9. The van der Waals surface area contributed by atoms with Crippen LogP contribution >= 0.6 is 11.3 Å². The van der Waals surface area contributed by atoms with Crippen LogP contribution in [0.3, 0.4) is 0 Å². The Kier molecular flexibility index (Phi) is 7.09. The summed E-state index contributed by atoms with van der Waals surface area (Å²) in [6.45, 7) is 7.52. The summed E-state index contributed by atoms with van der Waals surface area (Å²) in [6.07, 6.45) is 2.41. The summed E-state index contributed by atoms with van der Waals surface area (Å²) in [7, 11) is 1.84. The number of guanidine groups is 1. The molecule has 5 heteroatoms. The van der Waals surface area contributed by atoms with Crippen molar-refractivity contribution in [3.8, 4) is 0 Å². The molecule has 1 aliphatic heterocycles. The maximum Gasteiger partial charge on any atom is 0.191 e. The van der Waals surface area contributed by atoms with Gasteiger partial charge in [0.1, 0.15) is 0 Å². The molecule has 2 aromatic rings. The first-order valence-electron chi connectivity index (χ1n) is 9.49. The number of likely N-dealkylation sites (tertiary alicyclic amines) is 1. The van der Waals surface area contributed by atoms with Crippen molar-refractivity contribution in [1.82, 2.24) is 15.5 Å². The van der Waals surface area contributed by atoms with Crippen LogP contribution in [0.15, 0.2) is 47.5 Å². The highest BCUT2D eigenvalue weighted by atomic mass is 32.1. The molecular formula is C21H30N4S. The van der Waals surface area contributed by atoms with Crippen LogP contribution in [0.4, 0.5) is 0 Å². The largest absolute Gasteiger partial charge is 0.356 e. The molecule has 1 aromatic heterocycles. The first-order chi connectivity index (χ1) is 12.7. The molecule has 2 N–H and O–H groups in total. The Balaban J connectivity index is 1.35.